The molecule has 0 unspecified atom stereocenters. The summed E-state index contributed by atoms with van der Waals surface area (Å²) >= 11 is 6.47. The van der Waals surface area contributed by atoms with Gasteiger partial charge in [-0.3, -0.25) is 0 Å². The smallest absolute Gasteiger partial charge is 0.138 e. The molecule has 82 valence electrons. The molecule has 0 aliphatic rings. The minimum Gasteiger partial charge on any atom is -0.207 e. The van der Waals surface area contributed by atoms with Crippen LogP contribution in [0.3, 0.4) is 0 Å². The Labute approximate surface area is 109 Å². The lowest BCUT2D eigenvalue weighted by molar-refractivity contribution is 0.621. The third kappa shape index (κ3) is 2.18. The molecule has 2 rings (SSSR count). The monoisotopic (exact) mass is 346 g/mol. The summed E-state index contributed by atoms with van der Waals surface area (Å²) < 4.78 is 27.5. The van der Waals surface area contributed by atoms with Crippen LogP contribution in [0.15, 0.2) is 45.3 Å². The van der Waals surface area contributed by atoms with Crippen LogP contribution < -0.4 is 0 Å². The molecule has 0 nitrogen and oxygen atoms in total. The highest BCUT2D eigenvalue weighted by atomic mass is 79.9. The second kappa shape index (κ2) is 4.63. The van der Waals surface area contributed by atoms with E-state index in [0.29, 0.717) is 15.6 Å². The molecule has 0 aliphatic carbocycles. The van der Waals surface area contributed by atoms with Crippen LogP contribution in [0.1, 0.15) is 0 Å². The first-order chi connectivity index (χ1) is 7.59. The van der Waals surface area contributed by atoms with E-state index < -0.39 is 0 Å². The van der Waals surface area contributed by atoms with Crippen molar-refractivity contribution in [3.05, 3.63) is 57.0 Å². The average molecular weight is 348 g/mol. The Morgan fingerprint density at radius 3 is 2.38 bits per heavy atom. The highest BCUT2D eigenvalue weighted by molar-refractivity contribution is 9.11. The zero-order valence-electron chi connectivity index (χ0n) is 7.98. The van der Waals surface area contributed by atoms with Crippen LogP contribution in [0.2, 0.25) is 0 Å². The van der Waals surface area contributed by atoms with E-state index in [1.165, 1.54) is 18.2 Å². The molecule has 2 aromatic carbocycles. The zero-order valence-corrected chi connectivity index (χ0v) is 11.1. The van der Waals surface area contributed by atoms with Gasteiger partial charge in [0.1, 0.15) is 11.6 Å². The lowest BCUT2D eigenvalue weighted by Gasteiger charge is -2.07. The first kappa shape index (κ1) is 11.7. The molecule has 0 N–H and O–H groups in total. The van der Waals surface area contributed by atoms with Gasteiger partial charge in [-0.05, 0) is 45.8 Å². The number of benzene rings is 2. The molecule has 4 heteroatoms. The Bertz CT molecular complexity index is 539. The first-order valence-corrected chi connectivity index (χ1v) is 6.07. The van der Waals surface area contributed by atoms with Crippen molar-refractivity contribution in [2.45, 2.75) is 0 Å². The summed E-state index contributed by atoms with van der Waals surface area (Å²) in [5, 5.41) is 0. The van der Waals surface area contributed by atoms with Gasteiger partial charge in [0.05, 0.1) is 4.47 Å². The van der Waals surface area contributed by atoms with E-state index in [2.05, 4.69) is 31.9 Å². The van der Waals surface area contributed by atoms with E-state index in [4.69, 9.17) is 0 Å². The lowest BCUT2D eigenvalue weighted by atomic mass is 10.1. The topological polar surface area (TPSA) is 0 Å². The summed E-state index contributed by atoms with van der Waals surface area (Å²) in [6, 6.07) is 8.98. The maximum absolute atomic E-state index is 13.3. The van der Waals surface area contributed by atoms with Gasteiger partial charge in [0.25, 0.3) is 0 Å². The summed E-state index contributed by atoms with van der Waals surface area (Å²) in [6.07, 6.45) is 0. The van der Waals surface area contributed by atoms with E-state index in [0.717, 1.165) is 4.47 Å². The van der Waals surface area contributed by atoms with Crippen molar-refractivity contribution in [1.82, 2.24) is 0 Å². The molecule has 0 atom stereocenters. The number of hydrogen-bond acceptors (Lipinski definition) is 0. The van der Waals surface area contributed by atoms with E-state index in [-0.39, 0.29) is 11.6 Å². The minimum absolute atomic E-state index is 0.335. The Balaban J connectivity index is 2.67. The van der Waals surface area contributed by atoms with Crippen molar-refractivity contribution >= 4 is 31.9 Å². The summed E-state index contributed by atoms with van der Waals surface area (Å²) in [6.45, 7) is 0. The SMILES string of the molecule is Fc1ccc(Br)c(-c2cccc(F)c2Br)c1. The third-order valence-electron chi connectivity index (χ3n) is 2.17. The van der Waals surface area contributed by atoms with Crippen LogP contribution in [0.4, 0.5) is 8.78 Å². The van der Waals surface area contributed by atoms with Crippen molar-refractivity contribution < 1.29 is 8.78 Å². The maximum atomic E-state index is 13.3. The summed E-state index contributed by atoms with van der Waals surface area (Å²) in [5.41, 5.74) is 1.23. The molecular weight excluding hydrogens is 342 g/mol. The molecule has 16 heavy (non-hydrogen) atoms. The summed E-state index contributed by atoms with van der Waals surface area (Å²) in [4.78, 5) is 0. The van der Waals surface area contributed by atoms with Crippen molar-refractivity contribution in [2.24, 2.45) is 0 Å². The number of rotatable bonds is 1. The Kier molecular flexibility index (Phi) is 3.40. The van der Waals surface area contributed by atoms with Gasteiger partial charge in [0.2, 0.25) is 0 Å². The van der Waals surface area contributed by atoms with Crippen LogP contribution in [-0.2, 0) is 0 Å². The van der Waals surface area contributed by atoms with Crippen LogP contribution in [0.25, 0.3) is 11.1 Å². The molecule has 0 saturated carbocycles. The van der Waals surface area contributed by atoms with E-state index in [1.54, 1.807) is 18.2 Å². The van der Waals surface area contributed by atoms with Crippen molar-refractivity contribution in [1.29, 1.82) is 0 Å². The highest BCUT2D eigenvalue weighted by Gasteiger charge is 2.10. The molecule has 2 aromatic rings. The Hall–Kier alpha value is -0.740. The fraction of sp³-hybridized carbons (Fsp3) is 0. The maximum Gasteiger partial charge on any atom is 0.138 e. The Morgan fingerprint density at radius 1 is 0.875 bits per heavy atom. The zero-order chi connectivity index (χ0) is 11.7. The molecule has 0 amide bonds. The van der Waals surface area contributed by atoms with Gasteiger partial charge in [-0.25, -0.2) is 8.78 Å². The van der Waals surface area contributed by atoms with Crippen molar-refractivity contribution in [2.75, 3.05) is 0 Å². The van der Waals surface area contributed by atoms with Crippen LogP contribution in [0.5, 0.6) is 0 Å². The fourth-order valence-electron chi connectivity index (χ4n) is 1.42. The van der Waals surface area contributed by atoms with E-state index in [1.807, 2.05) is 0 Å². The lowest BCUT2D eigenvalue weighted by Crippen LogP contribution is -1.86. The molecular formula is C12H6Br2F2. The third-order valence-corrected chi connectivity index (χ3v) is 3.67. The van der Waals surface area contributed by atoms with Gasteiger partial charge in [-0.1, -0.05) is 28.1 Å². The Morgan fingerprint density at radius 2 is 1.62 bits per heavy atom. The first-order valence-electron chi connectivity index (χ1n) is 4.49. The number of hydrogen-bond donors (Lipinski definition) is 0. The molecule has 0 bridgehead atoms. The normalized spacial score (nSPS) is 10.5. The van der Waals surface area contributed by atoms with Gasteiger partial charge >= 0.3 is 0 Å². The number of halogens is 4. The van der Waals surface area contributed by atoms with Gasteiger partial charge in [-0.2, -0.15) is 0 Å². The van der Waals surface area contributed by atoms with Crippen LogP contribution in [-0.4, -0.2) is 0 Å². The fourth-order valence-corrected chi connectivity index (χ4v) is 2.35. The average Bonchev–Trinajstić information content (AvgIpc) is 2.26. The largest absolute Gasteiger partial charge is 0.207 e. The van der Waals surface area contributed by atoms with E-state index in [9.17, 15) is 8.78 Å². The standard InChI is InChI=1S/C12H6Br2F2/c13-10-5-4-7(15)6-9(10)8-2-1-3-11(16)12(8)14/h1-6H. The van der Waals surface area contributed by atoms with Crippen molar-refractivity contribution in [3.8, 4) is 11.1 Å². The van der Waals surface area contributed by atoms with Gasteiger partial charge in [0.15, 0.2) is 0 Å². The van der Waals surface area contributed by atoms with Crippen LogP contribution in [0, 0.1) is 11.6 Å². The van der Waals surface area contributed by atoms with Gasteiger partial charge in [0, 0.05) is 10.0 Å². The van der Waals surface area contributed by atoms with E-state index >= 15 is 0 Å². The molecule has 0 radical (unpaired) electrons. The van der Waals surface area contributed by atoms with Gasteiger partial charge in [-0.15, -0.1) is 0 Å². The predicted octanol–water partition coefficient (Wildman–Crippen LogP) is 5.16. The van der Waals surface area contributed by atoms with Crippen LogP contribution >= 0.6 is 31.9 Å². The molecule has 0 heterocycles. The minimum atomic E-state index is -0.367. The molecule has 0 spiro atoms. The second-order valence-corrected chi connectivity index (χ2v) is 4.87. The molecule has 0 fully saturated rings. The summed E-state index contributed by atoms with van der Waals surface area (Å²) in [5.74, 6) is -0.719. The molecule has 0 aromatic heterocycles. The highest BCUT2D eigenvalue weighted by Crippen LogP contribution is 2.35. The summed E-state index contributed by atoms with van der Waals surface area (Å²) in [7, 11) is 0. The van der Waals surface area contributed by atoms with Gasteiger partial charge < -0.3 is 0 Å². The molecule has 0 saturated heterocycles. The van der Waals surface area contributed by atoms with Crippen molar-refractivity contribution in [3.63, 3.8) is 0 Å². The quantitative estimate of drug-likeness (QED) is 0.668. The predicted molar refractivity (Wildman–Crippen MR) is 67.2 cm³/mol. The second-order valence-electron chi connectivity index (χ2n) is 3.23. The molecule has 0 aliphatic heterocycles.